The molecule has 154 valence electrons. The van der Waals surface area contributed by atoms with Crippen LogP contribution in [0.4, 0.5) is 5.69 Å². The number of hydrogen-bond donors (Lipinski definition) is 2. The molecule has 0 aromatic heterocycles. The van der Waals surface area contributed by atoms with Crippen molar-refractivity contribution in [1.29, 1.82) is 0 Å². The molecular weight excluding hydrogens is 372 g/mol. The molecular formula is C22H26N2O5. The molecule has 0 saturated carbocycles. The SMILES string of the molecule is CCCNC(=O)COC(=O)c1ccccc1NC(=O)CCc1ccc(OC)cc1. The summed E-state index contributed by atoms with van der Waals surface area (Å²) < 4.78 is 10.2. The van der Waals surface area contributed by atoms with Crippen molar-refractivity contribution >= 4 is 23.5 Å². The van der Waals surface area contributed by atoms with Gasteiger partial charge in [0.2, 0.25) is 5.91 Å². The number of amides is 2. The van der Waals surface area contributed by atoms with E-state index in [4.69, 9.17) is 9.47 Å². The first-order chi connectivity index (χ1) is 14.0. The first kappa shape index (κ1) is 21.9. The van der Waals surface area contributed by atoms with Gasteiger partial charge < -0.3 is 20.1 Å². The highest BCUT2D eigenvalue weighted by Crippen LogP contribution is 2.17. The molecule has 2 amide bonds. The van der Waals surface area contributed by atoms with Crippen molar-refractivity contribution in [1.82, 2.24) is 5.32 Å². The number of rotatable bonds is 10. The van der Waals surface area contributed by atoms with E-state index in [1.807, 2.05) is 31.2 Å². The summed E-state index contributed by atoms with van der Waals surface area (Å²) in [6, 6.07) is 14.0. The highest BCUT2D eigenvalue weighted by Gasteiger charge is 2.15. The molecule has 7 heteroatoms. The third-order valence-corrected chi connectivity index (χ3v) is 4.13. The summed E-state index contributed by atoms with van der Waals surface area (Å²) in [6.07, 6.45) is 1.61. The zero-order valence-corrected chi connectivity index (χ0v) is 16.7. The standard InChI is InChI=1S/C22H26N2O5/c1-3-14-23-21(26)15-29-22(27)18-6-4-5-7-19(18)24-20(25)13-10-16-8-11-17(28-2)12-9-16/h4-9,11-12H,3,10,13-15H2,1-2H3,(H,23,26)(H,24,25). The predicted molar refractivity (Wildman–Crippen MR) is 110 cm³/mol. The van der Waals surface area contributed by atoms with E-state index >= 15 is 0 Å². The van der Waals surface area contributed by atoms with E-state index in [0.29, 0.717) is 18.7 Å². The Bertz CT molecular complexity index is 833. The van der Waals surface area contributed by atoms with Crippen LogP contribution >= 0.6 is 0 Å². The van der Waals surface area contributed by atoms with Gasteiger partial charge in [0.1, 0.15) is 5.75 Å². The molecule has 2 N–H and O–H groups in total. The molecule has 0 bridgehead atoms. The molecule has 0 aliphatic carbocycles. The smallest absolute Gasteiger partial charge is 0.340 e. The van der Waals surface area contributed by atoms with Crippen molar-refractivity contribution in [2.75, 3.05) is 25.6 Å². The number of para-hydroxylation sites is 1. The third-order valence-electron chi connectivity index (χ3n) is 4.13. The second kappa shape index (κ2) is 11.5. The van der Waals surface area contributed by atoms with Crippen LogP contribution in [-0.2, 0) is 20.7 Å². The number of methoxy groups -OCH3 is 1. The van der Waals surface area contributed by atoms with Gasteiger partial charge in [0.05, 0.1) is 18.4 Å². The average Bonchev–Trinajstić information content (AvgIpc) is 2.75. The number of nitrogens with one attached hydrogen (secondary N) is 2. The molecule has 0 aliphatic rings. The third kappa shape index (κ3) is 7.29. The minimum Gasteiger partial charge on any atom is -0.497 e. The van der Waals surface area contributed by atoms with Crippen LogP contribution in [0.2, 0.25) is 0 Å². The maximum absolute atomic E-state index is 12.3. The molecule has 2 aromatic rings. The zero-order valence-electron chi connectivity index (χ0n) is 16.7. The van der Waals surface area contributed by atoms with Crippen molar-refractivity contribution in [3.05, 3.63) is 59.7 Å². The van der Waals surface area contributed by atoms with E-state index in [2.05, 4.69) is 10.6 Å². The van der Waals surface area contributed by atoms with E-state index < -0.39 is 5.97 Å². The zero-order chi connectivity index (χ0) is 21.1. The number of carbonyl (C=O) groups excluding carboxylic acids is 3. The van der Waals surface area contributed by atoms with Crippen LogP contribution in [-0.4, -0.2) is 38.0 Å². The number of carbonyl (C=O) groups is 3. The van der Waals surface area contributed by atoms with Crippen LogP contribution in [0.3, 0.4) is 0 Å². The van der Waals surface area contributed by atoms with Gasteiger partial charge in [-0.2, -0.15) is 0 Å². The predicted octanol–water partition coefficient (Wildman–Crippen LogP) is 2.95. The quantitative estimate of drug-likeness (QED) is 0.600. The van der Waals surface area contributed by atoms with Gasteiger partial charge >= 0.3 is 5.97 Å². The number of ether oxygens (including phenoxy) is 2. The van der Waals surface area contributed by atoms with Crippen molar-refractivity contribution in [2.24, 2.45) is 0 Å². The second-order valence-electron chi connectivity index (χ2n) is 6.37. The summed E-state index contributed by atoms with van der Waals surface area (Å²) >= 11 is 0. The largest absolute Gasteiger partial charge is 0.497 e. The van der Waals surface area contributed by atoms with E-state index in [9.17, 15) is 14.4 Å². The monoisotopic (exact) mass is 398 g/mol. The fourth-order valence-corrected chi connectivity index (χ4v) is 2.56. The molecule has 0 spiro atoms. The van der Waals surface area contributed by atoms with Crippen LogP contribution in [0.5, 0.6) is 5.75 Å². The minimum atomic E-state index is -0.664. The lowest BCUT2D eigenvalue weighted by atomic mass is 10.1. The van der Waals surface area contributed by atoms with Crippen LogP contribution in [0.1, 0.15) is 35.7 Å². The van der Waals surface area contributed by atoms with Gasteiger partial charge in [0.15, 0.2) is 6.61 Å². The van der Waals surface area contributed by atoms with Gasteiger partial charge in [-0.15, -0.1) is 0 Å². The van der Waals surface area contributed by atoms with Gasteiger partial charge in [-0.1, -0.05) is 31.2 Å². The normalized spacial score (nSPS) is 10.1. The van der Waals surface area contributed by atoms with Crippen LogP contribution in [0, 0.1) is 0 Å². The Morgan fingerprint density at radius 3 is 2.38 bits per heavy atom. The molecule has 0 saturated heterocycles. The molecule has 0 fully saturated rings. The number of benzene rings is 2. The summed E-state index contributed by atoms with van der Waals surface area (Å²) in [7, 11) is 1.60. The Labute approximate surface area is 170 Å². The lowest BCUT2D eigenvalue weighted by Gasteiger charge is -2.11. The van der Waals surface area contributed by atoms with Gasteiger partial charge in [-0.3, -0.25) is 9.59 Å². The molecule has 0 unspecified atom stereocenters. The van der Waals surface area contributed by atoms with E-state index in [-0.39, 0.29) is 30.4 Å². The summed E-state index contributed by atoms with van der Waals surface area (Å²) in [5.74, 6) is -0.486. The Kier molecular flexibility index (Phi) is 8.69. The Morgan fingerprint density at radius 2 is 1.69 bits per heavy atom. The minimum absolute atomic E-state index is 0.202. The highest BCUT2D eigenvalue weighted by atomic mass is 16.5. The van der Waals surface area contributed by atoms with Crippen molar-refractivity contribution in [2.45, 2.75) is 26.2 Å². The second-order valence-corrected chi connectivity index (χ2v) is 6.37. The Morgan fingerprint density at radius 1 is 0.966 bits per heavy atom. The molecule has 29 heavy (non-hydrogen) atoms. The van der Waals surface area contributed by atoms with Crippen LogP contribution in [0.25, 0.3) is 0 Å². The van der Waals surface area contributed by atoms with E-state index in [1.165, 1.54) is 0 Å². The van der Waals surface area contributed by atoms with Crippen LogP contribution in [0.15, 0.2) is 48.5 Å². The summed E-state index contributed by atoms with van der Waals surface area (Å²) in [4.78, 5) is 36.2. The van der Waals surface area contributed by atoms with Crippen molar-refractivity contribution in [3.8, 4) is 5.75 Å². The number of aryl methyl sites for hydroxylation is 1. The molecule has 2 aromatic carbocycles. The fourth-order valence-electron chi connectivity index (χ4n) is 2.56. The molecule has 2 rings (SSSR count). The summed E-state index contributed by atoms with van der Waals surface area (Å²) in [6.45, 7) is 2.09. The lowest BCUT2D eigenvalue weighted by molar-refractivity contribution is -0.124. The van der Waals surface area contributed by atoms with Gasteiger partial charge in [0.25, 0.3) is 5.91 Å². The van der Waals surface area contributed by atoms with Crippen molar-refractivity contribution in [3.63, 3.8) is 0 Å². The van der Waals surface area contributed by atoms with Gasteiger partial charge in [0, 0.05) is 13.0 Å². The van der Waals surface area contributed by atoms with Crippen molar-refractivity contribution < 1.29 is 23.9 Å². The average molecular weight is 398 g/mol. The first-order valence-electron chi connectivity index (χ1n) is 9.49. The molecule has 0 atom stereocenters. The number of esters is 1. The van der Waals surface area contributed by atoms with Gasteiger partial charge in [-0.05, 0) is 42.7 Å². The topological polar surface area (TPSA) is 93.7 Å². The Hall–Kier alpha value is -3.35. The molecule has 0 heterocycles. The molecule has 0 radical (unpaired) electrons. The highest BCUT2D eigenvalue weighted by molar-refractivity contribution is 6.01. The summed E-state index contributed by atoms with van der Waals surface area (Å²) in [5.41, 5.74) is 1.56. The van der Waals surface area contributed by atoms with E-state index in [1.54, 1.807) is 31.4 Å². The van der Waals surface area contributed by atoms with Crippen LogP contribution < -0.4 is 15.4 Å². The fraction of sp³-hybridized carbons (Fsp3) is 0.318. The van der Waals surface area contributed by atoms with E-state index in [0.717, 1.165) is 17.7 Å². The lowest BCUT2D eigenvalue weighted by Crippen LogP contribution is -2.29. The first-order valence-corrected chi connectivity index (χ1v) is 9.49. The summed E-state index contributed by atoms with van der Waals surface area (Å²) in [5, 5.41) is 5.37. The maximum atomic E-state index is 12.3. The van der Waals surface area contributed by atoms with Gasteiger partial charge in [-0.25, -0.2) is 4.79 Å². The number of anilines is 1. The molecule has 7 nitrogen and oxygen atoms in total. The molecule has 0 aliphatic heterocycles. The number of hydrogen-bond acceptors (Lipinski definition) is 5. The Balaban J connectivity index is 1.90. The maximum Gasteiger partial charge on any atom is 0.340 e.